The minimum atomic E-state index is -0.261. The molecule has 28 heavy (non-hydrogen) atoms. The first kappa shape index (κ1) is 18.3. The van der Waals surface area contributed by atoms with Gasteiger partial charge >= 0.3 is 0 Å². The normalized spacial score (nSPS) is 16.9. The highest BCUT2D eigenvalue weighted by atomic mass is 19.1. The van der Waals surface area contributed by atoms with E-state index in [0.29, 0.717) is 36.9 Å². The molecule has 1 aliphatic rings. The molecule has 5 nitrogen and oxygen atoms in total. The Kier molecular flexibility index (Phi) is 5.19. The first-order valence-electron chi connectivity index (χ1n) is 9.50. The van der Waals surface area contributed by atoms with E-state index in [1.165, 1.54) is 12.1 Å². The number of nitrogens with zero attached hydrogens (tertiary/aromatic N) is 3. The molecule has 1 amide bonds. The molecule has 1 aliphatic heterocycles. The summed E-state index contributed by atoms with van der Waals surface area (Å²) in [4.78, 5) is 23.4. The van der Waals surface area contributed by atoms with Crippen molar-refractivity contribution in [3.8, 4) is 0 Å². The molecule has 0 radical (unpaired) electrons. The van der Waals surface area contributed by atoms with E-state index in [1.54, 1.807) is 18.5 Å². The van der Waals surface area contributed by atoms with Gasteiger partial charge in [0.05, 0.1) is 12.1 Å². The van der Waals surface area contributed by atoms with Crippen molar-refractivity contribution in [2.75, 3.05) is 13.1 Å². The largest absolute Gasteiger partial charge is 0.445 e. The van der Waals surface area contributed by atoms with Crippen LogP contribution < -0.4 is 0 Å². The second kappa shape index (κ2) is 7.92. The van der Waals surface area contributed by atoms with Crippen LogP contribution in [0, 0.1) is 12.7 Å². The predicted molar refractivity (Wildman–Crippen MR) is 103 cm³/mol. The quantitative estimate of drug-likeness (QED) is 0.684. The third-order valence-corrected chi connectivity index (χ3v) is 5.11. The number of aryl methyl sites for hydroxylation is 1. The van der Waals surface area contributed by atoms with Crippen LogP contribution in [-0.4, -0.2) is 33.9 Å². The third kappa shape index (κ3) is 3.96. The maximum Gasteiger partial charge on any atom is 0.272 e. The molecule has 0 saturated carbocycles. The van der Waals surface area contributed by atoms with Gasteiger partial charge in [0.2, 0.25) is 0 Å². The molecule has 2 aromatic heterocycles. The Hall–Kier alpha value is -3.02. The average molecular weight is 379 g/mol. The van der Waals surface area contributed by atoms with E-state index in [0.717, 1.165) is 24.0 Å². The van der Waals surface area contributed by atoms with Crippen LogP contribution in [0.25, 0.3) is 0 Å². The molecule has 0 spiro atoms. The summed E-state index contributed by atoms with van der Waals surface area (Å²) in [5, 5.41) is 0. The number of oxazole rings is 1. The number of pyridine rings is 1. The standard InChI is InChI=1S/C22H22FN3O2/c1-15-5-3-9-24-20(15)22(27)26-10-4-7-17(14-26)21-25-13-19(28-21)12-16-6-2-8-18(23)11-16/h2-3,5-6,8-9,11,13,17H,4,7,10,12,14H2,1H3. The summed E-state index contributed by atoms with van der Waals surface area (Å²) in [5.41, 5.74) is 2.22. The van der Waals surface area contributed by atoms with Gasteiger partial charge in [-0.1, -0.05) is 18.2 Å². The van der Waals surface area contributed by atoms with Crippen LogP contribution >= 0.6 is 0 Å². The molecule has 144 valence electrons. The fraction of sp³-hybridized carbons (Fsp3) is 0.318. The first-order valence-corrected chi connectivity index (χ1v) is 9.50. The third-order valence-electron chi connectivity index (χ3n) is 5.11. The zero-order valence-electron chi connectivity index (χ0n) is 15.8. The van der Waals surface area contributed by atoms with Crippen LogP contribution in [-0.2, 0) is 6.42 Å². The summed E-state index contributed by atoms with van der Waals surface area (Å²) < 4.78 is 19.3. The first-order chi connectivity index (χ1) is 13.6. The summed E-state index contributed by atoms with van der Waals surface area (Å²) in [6.45, 7) is 3.17. The number of likely N-dealkylation sites (tertiary alicyclic amines) is 1. The maximum atomic E-state index is 13.4. The van der Waals surface area contributed by atoms with Gasteiger partial charge in [-0.3, -0.25) is 9.78 Å². The molecule has 0 N–H and O–H groups in total. The Morgan fingerprint density at radius 3 is 3.00 bits per heavy atom. The van der Waals surface area contributed by atoms with Crippen LogP contribution in [0.2, 0.25) is 0 Å². The van der Waals surface area contributed by atoms with Gasteiger partial charge in [-0.05, 0) is 49.1 Å². The number of amides is 1. The molecule has 6 heteroatoms. The van der Waals surface area contributed by atoms with Crippen LogP contribution in [0.5, 0.6) is 0 Å². The highest BCUT2D eigenvalue weighted by Gasteiger charge is 2.29. The second-order valence-corrected chi connectivity index (χ2v) is 7.23. The van der Waals surface area contributed by atoms with Gasteiger partial charge in [0.15, 0.2) is 5.89 Å². The number of hydrogen-bond acceptors (Lipinski definition) is 4. The molecule has 4 rings (SSSR count). The molecular formula is C22H22FN3O2. The summed E-state index contributed by atoms with van der Waals surface area (Å²) in [7, 11) is 0. The summed E-state index contributed by atoms with van der Waals surface area (Å²) >= 11 is 0. The summed E-state index contributed by atoms with van der Waals surface area (Å²) in [6.07, 6.45) is 5.65. The van der Waals surface area contributed by atoms with E-state index in [9.17, 15) is 9.18 Å². The van der Waals surface area contributed by atoms with E-state index >= 15 is 0 Å². The lowest BCUT2D eigenvalue weighted by Crippen LogP contribution is -2.39. The van der Waals surface area contributed by atoms with Crippen molar-refractivity contribution in [3.63, 3.8) is 0 Å². The lowest BCUT2D eigenvalue weighted by molar-refractivity contribution is 0.0691. The number of halogens is 1. The monoisotopic (exact) mass is 379 g/mol. The van der Waals surface area contributed by atoms with Gasteiger partial charge in [0, 0.05) is 25.7 Å². The molecule has 1 fully saturated rings. The number of carbonyl (C=O) groups excluding carboxylic acids is 1. The maximum absolute atomic E-state index is 13.4. The minimum absolute atomic E-state index is 0.0469. The predicted octanol–water partition coefficient (Wildman–Crippen LogP) is 4.13. The van der Waals surface area contributed by atoms with Crippen molar-refractivity contribution in [2.45, 2.75) is 32.1 Å². The Balaban J connectivity index is 1.46. The van der Waals surface area contributed by atoms with E-state index in [-0.39, 0.29) is 17.6 Å². The van der Waals surface area contributed by atoms with Gasteiger partial charge < -0.3 is 9.32 Å². The SMILES string of the molecule is Cc1cccnc1C(=O)N1CCCC(c2ncc(Cc3cccc(F)c3)o2)C1. The fourth-order valence-electron chi connectivity index (χ4n) is 3.66. The van der Waals surface area contributed by atoms with Crippen LogP contribution in [0.1, 0.15) is 52.0 Å². The van der Waals surface area contributed by atoms with Gasteiger partial charge in [-0.2, -0.15) is 0 Å². The molecular weight excluding hydrogens is 357 g/mol. The summed E-state index contributed by atoms with van der Waals surface area (Å²) in [5.74, 6) is 1.09. The smallest absolute Gasteiger partial charge is 0.272 e. The van der Waals surface area contributed by atoms with E-state index in [2.05, 4.69) is 9.97 Å². The zero-order valence-corrected chi connectivity index (χ0v) is 15.8. The Bertz CT molecular complexity index is 985. The Morgan fingerprint density at radius 2 is 2.18 bits per heavy atom. The Labute approximate surface area is 163 Å². The number of piperidine rings is 1. The number of rotatable bonds is 4. The molecule has 3 aromatic rings. The minimum Gasteiger partial charge on any atom is -0.445 e. The molecule has 1 unspecified atom stereocenters. The van der Waals surface area contributed by atoms with Crippen molar-refractivity contribution >= 4 is 5.91 Å². The molecule has 1 aromatic carbocycles. The van der Waals surface area contributed by atoms with E-state index in [4.69, 9.17) is 4.42 Å². The van der Waals surface area contributed by atoms with Crippen LogP contribution in [0.3, 0.4) is 0 Å². The van der Waals surface area contributed by atoms with Crippen molar-refractivity contribution in [3.05, 3.63) is 83.1 Å². The van der Waals surface area contributed by atoms with Gasteiger partial charge in [-0.25, -0.2) is 9.37 Å². The lowest BCUT2D eigenvalue weighted by atomic mass is 9.97. The number of carbonyl (C=O) groups is 1. The topological polar surface area (TPSA) is 59.2 Å². The van der Waals surface area contributed by atoms with Gasteiger partial charge in [0.25, 0.3) is 5.91 Å². The van der Waals surface area contributed by atoms with Crippen molar-refractivity contribution in [1.29, 1.82) is 0 Å². The Morgan fingerprint density at radius 1 is 1.29 bits per heavy atom. The molecule has 0 bridgehead atoms. The van der Waals surface area contributed by atoms with Gasteiger partial charge in [-0.15, -0.1) is 0 Å². The molecule has 1 atom stereocenters. The molecule has 0 aliphatic carbocycles. The average Bonchev–Trinajstić information content (AvgIpc) is 3.16. The second-order valence-electron chi connectivity index (χ2n) is 7.23. The number of aromatic nitrogens is 2. The van der Waals surface area contributed by atoms with E-state index in [1.807, 2.05) is 30.0 Å². The lowest BCUT2D eigenvalue weighted by Gasteiger charge is -2.31. The molecule has 3 heterocycles. The van der Waals surface area contributed by atoms with Crippen LogP contribution in [0.15, 0.2) is 53.2 Å². The highest BCUT2D eigenvalue weighted by molar-refractivity contribution is 5.93. The number of hydrogen-bond donors (Lipinski definition) is 0. The summed E-state index contributed by atoms with van der Waals surface area (Å²) in [6, 6.07) is 10.2. The van der Waals surface area contributed by atoms with E-state index < -0.39 is 0 Å². The molecule has 1 saturated heterocycles. The zero-order chi connectivity index (χ0) is 19.5. The van der Waals surface area contributed by atoms with Crippen molar-refractivity contribution < 1.29 is 13.6 Å². The fourth-order valence-corrected chi connectivity index (χ4v) is 3.66. The van der Waals surface area contributed by atoms with Gasteiger partial charge in [0.1, 0.15) is 17.3 Å². The number of benzene rings is 1. The van der Waals surface area contributed by atoms with Crippen molar-refractivity contribution in [1.82, 2.24) is 14.9 Å². The van der Waals surface area contributed by atoms with Crippen molar-refractivity contribution in [2.24, 2.45) is 0 Å². The highest BCUT2D eigenvalue weighted by Crippen LogP contribution is 2.28. The van der Waals surface area contributed by atoms with Crippen LogP contribution in [0.4, 0.5) is 4.39 Å².